The predicted octanol–water partition coefficient (Wildman–Crippen LogP) is 3.06. The van der Waals surface area contributed by atoms with Gasteiger partial charge in [0.05, 0.1) is 52.8 Å². The Kier molecular flexibility index (Phi) is 3.67. The third-order valence-electron chi connectivity index (χ3n) is 3.56. The van der Waals surface area contributed by atoms with Crippen LogP contribution in [0.1, 0.15) is 18.9 Å². The lowest BCUT2D eigenvalue weighted by molar-refractivity contribution is -0.0382. The molecule has 0 amide bonds. The Morgan fingerprint density at radius 2 is 2.11 bits per heavy atom. The zero-order valence-corrected chi connectivity index (χ0v) is 11.7. The molecule has 2 unspecified atom stereocenters. The number of hydrogen-bond donors (Lipinski definition) is 1. The van der Waals surface area contributed by atoms with E-state index in [9.17, 15) is 0 Å². The number of benzene rings is 1. The zero-order valence-electron chi connectivity index (χ0n) is 10.2. The number of aliphatic hydroxyl groups excluding tert-OH is 1. The van der Waals surface area contributed by atoms with Crippen molar-refractivity contribution in [1.82, 2.24) is 9.55 Å². The summed E-state index contributed by atoms with van der Waals surface area (Å²) in [4.78, 5) is 4.35. The van der Waals surface area contributed by atoms with E-state index in [1.54, 1.807) is 12.4 Å². The fraction of sp³-hybridized carbons (Fsp3) is 0.462. The maximum absolute atomic E-state index is 9.07. The van der Waals surface area contributed by atoms with Crippen LogP contribution in [-0.4, -0.2) is 34.0 Å². The average molecular weight is 301 g/mol. The van der Waals surface area contributed by atoms with Crippen LogP contribution < -0.4 is 0 Å². The Balaban J connectivity index is 1.91. The van der Waals surface area contributed by atoms with Gasteiger partial charge in [-0.2, -0.15) is 0 Å². The summed E-state index contributed by atoms with van der Waals surface area (Å²) in [5.74, 6) is 0. The minimum atomic E-state index is -0.0379. The van der Waals surface area contributed by atoms with E-state index in [4.69, 9.17) is 33.0 Å². The predicted molar refractivity (Wildman–Crippen MR) is 74.8 cm³/mol. The number of nitrogens with zero attached hydrogens (tertiary/aromatic N) is 2. The van der Waals surface area contributed by atoms with Crippen LogP contribution in [0.3, 0.4) is 0 Å². The van der Waals surface area contributed by atoms with Gasteiger partial charge in [-0.05, 0) is 25.0 Å². The summed E-state index contributed by atoms with van der Waals surface area (Å²) >= 11 is 12.1. The Morgan fingerprint density at radius 1 is 1.32 bits per heavy atom. The highest BCUT2D eigenvalue weighted by atomic mass is 35.5. The minimum Gasteiger partial charge on any atom is -0.394 e. The second-order valence-electron chi connectivity index (χ2n) is 4.78. The van der Waals surface area contributed by atoms with Gasteiger partial charge >= 0.3 is 0 Å². The molecule has 3 rings (SSSR count). The van der Waals surface area contributed by atoms with Gasteiger partial charge < -0.3 is 14.4 Å². The molecule has 1 aromatic heterocycles. The molecule has 1 aliphatic rings. The summed E-state index contributed by atoms with van der Waals surface area (Å²) in [5, 5.41) is 10.1. The van der Waals surface area contributed by atoms with Crippen molar-refractivity contribution in [1.29, 1.82) is 0 Å². The molecule has 1 N–H and O–H groups in total. The van der Waals surface area contributed by atoms with Crippen LogP contribution in [0.2, 0.25) is 10.0 Å². The first-order valence-corrected chi connectivity index (χ1v) is 6.98. The highest BCUT2D eigenvalue weighted by Crippen LogP contribution is 2.31. The number of halogens is 2. The number of hydrogen-bond acceptors (Lipinski definition) is 3. The van der Waals surface area contributed by atoms with Crippen LogP contribution in [-0.2, 0) is 4.74 Å². The van der Waals surface area contributed by atoms with Crippen molar-refractivity contribution in [2.24, 2.45) is 0 Å². The molecule has 2 atom stereocenters. The molecule has 0 radical (unpaired) electrons. The van der Waals surface area contributed by atoms with Crippen LogP contribution in [0, 0.1) is 0 Å². The van der Waals surface area contributed by atoms with Crippen molar-refractivity contribution >= 4 is 34.2 Å². The van der Waals surface area contributed by atoms with E-state index < -0.39 is 0 Å². The standard InChI is InChI=1S/C13H14Cl2N2O2/c14-10-3-12-13(4-11(10)15)17(7-16-12)8-1-2-9(5-18)19-6-8/h3-4,7-9,18H,1-2,5-6H2. The molecule has 102 valence electrons. The third-order valence-corrected chi connectivity index (χ3v) is 4.28. The first-order chi connectivity index (χ1) is 9.19. The van der Waals surface area contributed by atoms with Gasteiger partial charge in [0.15, 0.2) is 0 Å². The average Bonchev–Trinajstić information content (AvgIpc) is 2.82. The van der Waals surface area contributed by atoms with Gasteiger partial charge in [-0.25, -0.2) is 4.98 Å². The van der Waals surface area contributed by atoms with Gasteiger partial charge in [-0.3, -0.25) is 0 Å². The van der Waals surface area contributed by atoms with Crippen LogP contribution in [0.4, 0.5) is 0 Å². The van der Waals surface area contributed by atoms with Crippen molar-refractivity contribution in [2.75, 3.05) is 13.2 Å². The van der Waals surface area contributed by atoms with Crippen molar-refractivity contribution in [2.45, 2.75) is 25.0 Å². The molecule has 0 saturated carbocycles. The van der Waals surface area contributed by atoms with Crippen LogP contribution in [0.5, 0.6) is 0 Å². The second-order valence-corrected chi connectivity index (χ2v) is 5.59. The first kappa shape index (κ1) is 13.2. The Bertz CT molecular complexity index is 592. The van der Waals surface area contributed by atoms with Gasteiger partial charge in [0.1, 0.15) is 0 Å². The molecule has 1 aromatic carbocycles. The topological polar surface area (TPSA) is 47.3 Å². The summed E-state index contributed by atoms with van der Waals surface area (Å²) in [6, 6.07) is 3.84. The van der Waals surface area contributed by atoms with Crippen LogP contribution in [0.15, 0.2) is 18.5 Å². The molecular formula is C13H14Cl2N2O2. The van der Waals surface area contributed by atoms with Crippen molar-refractivity contribution < 1.29 is 9.84 Å². The number of imidazole rings is 1. The fourth-order valence-corrected chi connectivity index (χ4v) is 2.78. The maximum Gasteiger partial charge on any atom is 0.0961 e. The molecule has 1 aliphatic heterocycles. The monoisotopic (exact) mass is 300 g/mol. The SMILES string of the molecule is OCC1CCC(n2cnc3cc(Cl)c(Cl)cc32)CO1. The fourth-order valence-electron chi connectivity index (χ4n) is 2.47. The number of rotatable bonds is 2. The molecule has 1 fully saturated rings. The zero-order chi connectivity index (χ0) is 13.4. The van der Waals surface area contributed by atoms with Crippen molar-refractivity contribution in [3.8, 4) is 0 Å². The first-order valence-electron chi connectivity index (χ1n) is 6.23. The molecule has 19 heavy (non-hydrogen) atoms. The molecule has 0 spiro atoms. The van der Waals surface area contributed by atoms with Gasteiger partial charge in [-0.15, -0.1) is 0 Å². The number of ether oxygens (including phenoxy) is 1. The Morgan fingerprint density at radius 3 is 2.79 bits per heavy atom. The highest BCUT2D eigenvalue weighted by Gasteiger charge is 2.23. The van der Waals surface area contributed by atoms with E-state index in [0.29, 0.717) is 16.7 Å². The van der Waals surface area contributed by atoms with Gasteiger partial charge in [-0.1, -0.05) is 23.2 Å². The largest absolute Gasteiger partial charge is 0.394 e. The summed E-state index contributed by atoms with van der Waals surface area (Å²) in [6.45, 7) is 0.662. The second kappa shape index (κ2) is 5.29. The summed E-state index contributed by atoms with van der Waals surface area (Å²) in [7, 11) is 0. The van der Waals surface area contributed by atoms with E-state index in [0.717, 1.165) is 23.9 Å². The Labute approximate surface area is 120 Å². The molecule has 6 heteroatoms. The molecule has 2 aromatic rings. The minimum absolute atomic E-state index is 0.0379. The number of aromatic nitrogens is 2. The number of aliphatic hydroxyl groups is 1. The smallest absolute Gasteiger partial charge is 0.0961 e. The molecular weight excluding hydrogens is 287 g/mol. The van der Waals surface area contributed by atoms with Gasteiger partial charge in [0, 0.05) is 0 Å². The summed E-state index contributed by atoms with van der Waals surface area (Å²) in [6.07, 6.45) is 3.56. The Hall–Kier alpha value is -0.810. The van der Waals surface area contributed by atoms with Crippen molar-refractivity contribution in [3.05, 3.63) is 28.5 Å². The maximum atomic E-state index is 9.07. The number of fused-ring (bicyclic) bond motifs is 1. The van der Waals surface area contributed by atoms with Gasteiger partial charge in [0.25, 0.3) is 0 Å². The van der Waals surface area contributed by atoms with Crippen molar-refractivity contribution in [3.63, 3.8) is 0 Å². The lowest BCUT2D eigenvalue weighted by atomic mass is 10.1. The van der Waals surface area contributed by atoms with Gasteiger partial charge in [0.2, 0.25) is 0 Å². The normalized spacial score (nSPS) is 23.9. The highest BCUT2D eigenvalue weighted by molar-refractivity contribution is 6.42. The molecule has 0 bridgehead atoms. The van der Waals surface area contributed by atoms with E-state index in [-0.39, 0.29) is 18.8 Å². The van der Waals surface area contributed by atoms with Crippen LogP contribution >= 0.6 is 23.2 Å². The molecule has 0 aliphatic carbocycles. The van der Waals surface area contributed by atoms with E-state index >= 15 is 0 Å². The molecule has 4 nitrogen and oxygen atoms in total. The molecule has 1 saturated heterocycles. The quantitative estimate of drug-likeness (QED) is 0.927. The lowest BCUT2D eigenvalue weighted by Crippen LogP contribution is -2.29. The summed E-state index contributed by atoms with van der Waals surface area (Å²) < 4.78 is 7.68. The molecule has 2 heterocycles. The van der Waals surface area contributed by atoms with E-state index in [1.807, 2.05) is 6.07 Å². The van der Waals surface area contributed by atoms with E-state index in [2.05, 4.69) is 9.55 Å². The van der Waals surface area contributed by atoms with Crippen LogP contribution in [0.25, 0.3) is 11.0 Å². The lowest BCUT2D eigenvalue weighted by Gasteiger charge is -2.29. The van der Waals surface area contributed by atoms with E-state index in [1.165, 1.54) is 0 Å². The summed E-state index contributed by atoms with van der Waals surface area (Å²) in [5.41, 5.74) is 1.80. The third kappa shape index (κ3) is 2.46.